The number of hydrogen-bond acceptors (Lipinski definition) is 5. The Morgan fingerprint density at radius 1 is 0.946 bits per heavy atom. The number of methoxy groups -OCH3 is 2. The van der Waals surface area contributed by atoms with E-state index in [1.165, 1.54) is 64.4 Å². The molecule has 4 saturated carbocycles. The number of urea groups is 1. The maximum absolute atomic E-state index is 13.4. The van der Waals surface area contributed by atoms with Gasteiger partial charge in [-0.3, -0.25) is 14.9 Å². The highest BCUT2D eigenvalue weighted by Crippen LogP contribution is 2.60. The molecule has 7 nitrogen and oxygen atoms in total. The number of amides is 4. The van der Waals surface area contributed by atoms with Crippen LogP contribution < -0.4 is 19.7 Å². The van der Waals surface area contributed by atoms with Crippen LogP contribution in [0.15, 0.2) is 46.4 Å². The molecule has 0 unspecified atom stereocenters. The summed E-state index contributed by atoms with van der Waals surface area (Å²) in [5.74, 6) is 2.03. The third kappa shape index (κ3) is 4.06. The van der Waals surface area contributed by atoms with Crippen LogP contribution in [-0.4, -0.2) is 32.1 Å². The largest absolute Gasteiger partial charge is 0.493 e. The first-order valence-corrected chi connectivity index (χ1v) is 13.5. The van der Waals surface area contributed by atoms with Gasteiger partial charge in [0, 0.05) is 0 Å². The van der Waals surface area contributed by atoms with Crippen LogP contribution in [-0.2, 0) is 15.0 Å². The monoisotopic (exact) mass is 564 g/mol. The van der Waals surface area contributed by atoms with Crippen molar-refractivity contribution in [1.82, 2.24) is 5.32 Å². The normalized spacial score (nSPS) is 29.6. The molecule has 4 aliphatic carbocycles. The molecule has 7 rings (SSSR count). The Morgan fingerprint density at radius 2 is 1.57 bits per heavy atom. The predicted octanol–water partition coefficient (Wildman–Crippen LogP) is 5.60. The standard InChI is InChI=1S/C29H29BrN2O5/c1-36-24-12-16(11-23(30)25(24)37-2)10-22-26(33)31-28(35)32(27(22)34)21-5-3-20(4-6-21)29-13-17-7-18(14-29)9-19(8-17)15-29/h3-6,10-12,17-19H,7-9,13-15H2,1-2H3,(H,31,33,35)/b22-10-. The number of hydrogen-bond donors (Lipinski definition) is 1. The number of barbiturate groups is 1. The van der Waals surface area contributed by atoms with Crippen LogP contribution in [0.3, 0.4) is 0 Å². The predicted molar refractivity (Wildman–Crippen MR) is 143 cm³/mol. The summed E-state index contributed by atoms with van der Waals surface area (Å²) in [6.45, 7) is 0. The molecule has 1 saturated heterocycles. The van der Waals surface area contributed by atoms with Crippen molar-refractivity contribution in [2.75, 3.05) is 19.1 Å². The van der Waals surface area contributed by atoms with E-state index in [1.807, 2.05) is 12.1 Å². The molecular formula is C29H29BrN2O5. The number of halogens is 1. The van der Waals surface area contributed by atoms with Gasteiger partial charge >= 0.3 is 6.03 Å². The van der Waals surface area contributed by atoms with Gasteiger partial charge in [-0.25, -0.2) is 9.69 Å². The first kappa shape index (κ1) is 24.2. The minimum Gasteiger partial charge on any atom is -0.493 e. The quantitative estimate of drug-likeness (QED) is 0.377. The summed E-state index contributed by atoms with van der Waals surface area (Å²) in [6.07, 6.45) is 9.30. The van der Waals surface area contributed by atoms with Gasteiger partial charge in [-0.2, -0.15) is 0 Å². The molecule has 37 heavy (non-hydrogen) atoms. The van der Waals surface area contributed by atoms with Crippen LogP contribution in [0.25, 0.3) is 6.08 Å². The van der Waals surface area contributed by atoms with Crippen LogP contribution in [0.5, 0.6) is 11.5 Å². The van der Waals surface area contributed by atoms with Gasteiger partial charge in [-0.1, -0.05) is 12.1 Å². The van der Waals surface area contributed by atoms with Gasteiger partial charge in [-0.05, 0) is 119 Å². The lowest BCUT2D eigenvalue weighted by atomic mass is 9.48. The van der Waals surface area contributed by atoms with Crippen molar-refractivity contribution >= 4 is 45.5 Å². The minimum absolute atomic E-state index is 0.135. The maximum Gasteiger partial charge on any atom is 0.335 e. The van der Waals surface area contributed by atoms with Gasteiger partial charge in [0.15, 0.2) is 11.5 Å². The second-order valence-corrected chi connectivity index (χ2v) is 11.8. The first-order chi connectivity index (χ1) is 17.8. The number of imide groups is 2. The van der Waals surface area contributed by atoms with Crippen LogP contribution in [0.4, 0.5) is 10.5 Å². The summed E-state index contributed by atoms with van der Waals surface area (Å²) in [6, 6.07) is 10.5. The van der Waals surface area contributed by atoms with E-state index in [2.05, 4.69) is 33.4 Å². The Bertz CT molecular complexity index is 1300. The lowest BCUT2D eigenvalue weighted by molar-refractivity contribution is -0.122. The molecule has 2 aromatic rings. The van der Waals surface area contributed by atoms with Gasteiger partial charge in [0.05, 0.1) is 24.4 Å². The molecule has 2 aromatic carbocycles. The fourth-order valence-corrected chi connectivity index (χ4v) is 8.13. The lowest BCUT2D eigenvalue weighted by Gasteiger charge is -2.57. The third-order valence-corrected chi connectivity index (χ3v) is 9.23. The summed E-state index contributed by atoms with van der Waals surface area (Å²) in [5, 5.41) is 2.31. The smallest absolute Gasteiger partial charge is 0.335 e. The lowest BCUT2D eigenvalue weighted by Crippen LogP contribution is -2.54. The molecule has 1 heterocycles. The van der Waals surface area contributed by atoms with Crippen molar-refractivity contribution in [3.8, 4) is 11.5 Å². The van der Waals surface area contributed by atoms with Gasteiger partial charge in [-0.15, -0.1) is 0 Å². The third-order valence-electron chi connectivity index (χ3n) is 8.64. The zero-order valence-corrected chi connectivity index (χ0v) is 22.5. The van der Waals surface area contributed by atoms with Gasteiger partial charge < -0.3 is 9.47 Å². The van der Waals surface area contributed by atoms with E-state index in [9.17, 15) is 14.4 Å². The molecule has 4 bridgehead atoms. The van der Waals surface area contributed by atoms with E-state index in [-0.39, 0.29) is 11.0 Å². The van der Waals surface area contributed by atoms with Crippen LogP contribution in [0, 0.1) is 17.8 Å². The average Bonchev–Trinajstić information content (AvgIpc) is 2.85. The minimum atomic E-state index is -0.747. The molecule has 0 atom stereocenters. The number of carbonyl (C=O) groups excluding carboxylic acids is 3. The average molecular weight is 565 g/mol. The molecule has 5 aliphatic rings. The molecule has 0 spiro atoms. The molecule has 8 heteroatoms. The second kappa shape index (κ2) is 9.01. The van der Waals surface area contributed by atoms with Crippen molar-refractivity contribution in [2.24, 2.45) is 17.8 Å². The number of nitrogens with zero attached hydrogens (tertiary/aromatic N) is 1. The molecule has 5 fully saturated rings. The summed E-state index contributed by atoms with van der Waals surface area (Å²) in [7, 11) is 3.03. The van der Waals surface area contributed by atoms with Crippen molar-refractivity contribution in [1.29, 1.82) is 0 Å². The molecule has 0 radical (unpaired) electrons. The highest BCUT2D eigenvalue weighted by Gasteiger charge is 2.51. The Hall–Kier alpha value is -3.13. The summed E-state index contributed by atoms with van der Waals surface area (Å²) >= 11 is 3.43. The van der Waals surface area contributed by atoms with E-state index in [1.54, 1.807) is 12.1 Å². The van der Waals surface area contributed by atoms with Crippen LogP contribution in [0.2, 0.25) is 0 Å². The number of carbonyl (C=O) groups is 3. The Morgan fingerprint density at radius 3 is 2.14 bits per heavy atom. The SMILES string of the molecule is COc1cc(/C=C2/C(=O)NC(=O)N(c3ccc(C45CC6CC(CC(C6)C4)C5)cc3)C2=O)cc(Br)c1OC. The molecular weight excluding hydrogens is 536 g/mol. The summed E-state index contributed by atoms with van der Waals surface area (Å²) in [4.78, 5) is 39.9. The van der Waals surface area contributed by atoms with E-state index < -0.39 is 17.8 Å². The van der Waals surface area contributed by atoms with E-state index >= 15 is 0 Å². The van der Waals surface area contributed by atoms with Gasteiger partial charge in [0.1, 0.15) is 5.57 Å². The number of benzene rings is 2. The zero-order chi connectivity index (χ0) is 25.9. The van der Waals surface area contributed by atoms with Gasteiger partial charge in [0.2, 0.25) is 0 Å². The van der Waals surface area contributed by atoms with Crippen molar-refractivity contribution < 1.29 is 23.9 Å². The van der Waals surface area contributed by atoms with Crippen molar-refractivity contribution in [3.63, 3.8) is 0 Å². The topological polar surface area (TPSA) is 84.9 Å². The highest BCUT2D eigenvalue weighted by molar-refractivity contribution is 9.10. The molecule has 0 aromatic heterocycles. The van der Waals surface area contributed by atoms with Crippen LogP contribution >= 0.6 is 15.9 Å². The van der Waals surface area contributed by atoms with Gasteiger partial charge in [0.25, 0.3) is 11.8 Å². The summed E-state index contributed by atoms with van der Waals surface area (Å²) < 4.78 is 11.3. The fraction of sp³-hybridized carbons (Fsp3) is 0.414. The highest BCUT2D eigenvalue weighted by atomic mass is 79.9. The number of nitrogens with one attached hydrogen (secondary N) is 1. The molecule has 1 aliphatic heterocycles. The van der Waals surface area contributed by atoms with Crippen molar-refractivity contribution in [3.05, 3.63) is 57.6 Å². The maximum atomic E-state index is 13.4. The molecule has 1 N–H and O–H groups in total. The fourth-order valence-electron chi connectivity index (χ4n) is 7.51. The van der Waals surface area contributed by atoms with E-state index in [0.717, 1.165) is 22.7 Å². The van der Waals surface area contributed by atoms with E-state index in [4.69, 9.17) is 9.47 Å². The number of rotatable bonds is 5. The molecule has 192 valence electrons. The molecule has 4 amide bonds. The second-order valence-electron chi connectivity index (χ2n) is 10.9. The van der Waals surface area contributed by atoms with Crippen LogP contribution in [0.1, 0.15) is 49.7 Å². The Kier molecular flexibility index (Phi) is 5.90. The van der Waals surface area contributed by atoms with E-state index in [0.29, 0.717) is 27.2 Å². The summed E-state index contributed by atoms with van der Waals surface area (Å²) in [5.41, 5.74) is 2.40. The first-order valence-electron chi connectivity index (χ1n) is 12.7. The number of ether oxygens (including phenoxy) is 2. The number of anilines is 1. The Balaban J connectivity index is 1.30. The Labute approximate surface area is 224 Å². The zero-order valence-electron chi connectivity index (χ0n) is 20.9. The van der Waals surface area contributed by atoms with Crippen molar-refractivity contribution in [2.45, 2.75) is 43.9 Å².